The van der Waals surface area contributed by atoms with E-state index in [1.165, 1.54) is 12.5 Å². The molecule has 1 aromatic carbocycles. The number of benzene rings is 1. The smallest absolute Gasteiger partial charge is 0.140 e. The molecule has 0 aliphatic carbocycles. The van der Waals surface area contributed by atoms with E-state index in [-0.39, 0.29) is 5.56 Å². The summed E-state index contributed by atoms with van der Waals surface area (Å²) in [4.78, 5) is 2.44. The zero-order valence-electron chi connectivity index (χ0n) is 11.9. The number of nitriles is 1. The summed E-state index contributed by atoms with van der Waals surface area (Å²) < 4.78 is 13.3. The summed E-state index contributed by atoms with van der Waals surface area (Å²) in [7, 11) is 0. The van der Waals surface area contributed by atoms with Crippen molar-refractivity contribution < 1.29 is 4.39 Å². The second kappa shape index (κ2) is 5.71. The van der Waals surface area contributed by atoms with Crippen LogP contribution in [0.4, 0.5) is 4.39 Å². The largest absolute Gasteiger partial charge is 0.296 e. The summed E-state index contributed by atoms with van der Waals surface area (Å²) in [5, 5.41) is 8.88. The number of likely N-dealkylation sites (tertiary alicyclic amines) is 1. The van der Waals surface area contributed by atoms with Gasteiger partial charge in [0.05, 0.1) is 5.56 Å². The van der Waals surface area contributed by atoms with E-state index < -0.39 is 5.82 Å². The molecule has 0 radical (unpaired) electrons. The molecule has 3 unspecified atom stereocenters. The molecule has 102 valence electrons. The van der Waals surface area contributed by atoms with E-state index in [0.717, 1.165) is 18.7 Å². The van der Waals surface area contributed by atoms with E-state index in [1.54, 1.807) is 12.1 Å². The Morgan fingerprint density at radius 1 is 1.37 bits per heavy atom. The van der Waals surface area contributed by atoms with Crippen LogP contribution < -0.4 is 0 Å². The SMILES string of the molecule is CC1CC(C)C(C)N(Cc2ccc(F)c(C#N)c2)C1. The van der Waals surface area contributed by atoms with Gasteiger partial charge >= 0.3 is 0 Å². The number of piperidine rings is 1. The fraction of sp³-hybridized carbons (Fsp3) is 0.562. The van der Waals surface area contributed by atoms with Gasteiger partial charge in [0.1, 0.15) is 11.9 Å². The van der Waals surface area contributed by atoms with Gasteiger partial charge in [-0.15, -0.1) is 0 Å². The first-order valence-electron chi connectivity index (χ1n) is 6.93. The lowest BCUT2D eigenvalue weighted by Crippen LogP contribution is -2.45. The fourth-order valence-electron chi connectivity index (χ4n) is 3.03. The van der Waals surface area contributed by atoms with Gasteiger partial charge in [-0.25, -0.2) is 4.39 Å². The van der Waals surface area contributed by atoms with Crippen LogP contribution in [0.2, 0.25) is 0 Å². The van der Waals surface area contributed by atoms with Crippen molar-refractivity contribution in [2.24, 2.45) is 11.8 Å². The number of nitrogens with zero attached hydrogens (tertiary/aromatic N) is 2. The Hall–Kier alpha value is -1.40. The Morgan fingerprint density at radius 3 is 2.79 bits per heavy atom. The summed E-state index contributed by atoms with van der Waals surface area (Å²) in [5.41, 5.74) is 1.16. The monoisotopic (exact) mass is 260 g/mol. The van der Waals surface area contributed by atoms with Crippen LogP contribution in [-0.4, -0.2) is 17.5 Å². The van der Waals surface area contributed by atoms with Crippen molar-refractivity contribution in [3.05, 3.63) is 35.1 Å². The minimum Gasteiger partial charge on any atom is -0.296 e. The highest BCUT2D eigenvalue weighted by Gasteiger charge is 2.28. The number of halogens is 1. The zero-order chi connectivity index (χ0) is 14.0. The normalized spacial score (nSPS) is 28.1. The van der Waals surface area contributed by atoms with Crippen LogP contribution in [0.1, 0.15) is 38.3 Å². The molecule has 2 rings (SSSR count). The van der Waals surface area contributed by atoms with E-state index in [9.17, 15) is 4.39 Å². The molecule has 0 amide bonds. The molecule has 1 saturated heterocycles. The van der Waals surface area contributed by atoms with Crippen LogP contribution in [0, 0.1) is 29.0 Å². The predicted octanol–water partition coefficient (Wildman–Crippen LogP) is 3.56. The first-order chi connectivity index (χ1) is 9.01. The third kappa shape index (κ3) is 3.13. The quantitative estimate of drug-likeness (QED) is 0.813. The summed E-state index contributed by atoms with van der Waals surface area (Å²) >= 11 is 0. The topological polar surface area (TPSA) is 27.0 Å². The second-order valence-electron chi connectivity index (χ2n) is 5.91. The molecule has 1 aliphatic heterocycles. The zero-order valence-corrected chi connectivity index (χ0v) is 11.9. The fourth-order valence-corrected chi connectivity index (χ4v) is 3.03. The van der Waals surface area contributed by atoms with E-state index >= 15 is 0 Å². The predicted molar refractivity (Wildman–Crippen MR) is 73.9 cm³/mol. The molecule has 3 heteroatoms. The molecule has 0 N–H and O–H groups in total. The second-order valence-corrected chi connectivity index (χ2v) is 5.91. The van der Waals surface area contributed by atoms with Gasteiger partial charge in [0.25, 0.3) is 0 Å². The Morgan fingerprint density at radius 2 is 2.11 bits per heavy atom. The van der Waals surface area contributed by atoms with Crippen molar-refractivity contribution in [1.29, 1.82) is 5.26 Å². The molecule has 1 aliphatic rings. The third-order valence-corrected chi connectivity index (χ3v) is 4.26. The Bertz CT molecular complexity index is 492. The van der Waals surface area contributed by atoms with Crippen molar-refractivity contribution in [2.45, 2.75) is 39.8 Å². The van der Waals surface area contributed by atoms with Crippen LogP contribution in [0.15, 0.2) is 18.2 Å². The Kier molecular flexibility index (Phi) is 4.21. The van der Waals surface area contributed by atoms with Gasteiger partial charge in [-0.2, -0.15) is 5.26 Å². The lowest BCUT2D eigenvalue weighted by Gasteiger charge is -2.41. The molecule has 0 spiro atoms. The van der Waals surface area contributed by atoms with Gasteiger partial charge in [-0.05, 0) is 42.9 Å². The van der Waals surface area contributed by atoms with E-state index in [1.807, 2.05) is 6.07 Å². The molecule has 3 atom stereocenters. The first kappa shape index (κ1) is 14.0. The van der Waals surface area contributed by atoms with Crippen molar-refractivity contribution in [1.82, 2.24) is 4.90 Å². The van der Waals surface area contributed by atoms with Crippen LogP contribution in [0.3, 0.4) is 0 Å². The van der Waals surface area contributed by atoms with Crippen molar-refractivity contribution in [2.75, 3.05) is 6.54 Å². The number of hydrogen-bond donors (Lipinski definition) is 0. The maximum absolute atomic E-state index is 13.3. The molecular formula is C16H21FN2. The maximum atomic E-state index is 13.3. The molecule has 0 saturated carbocycles. The highest BCUT2D eigenvalue weighted by atomic mass is 19.1. The summed E-state index contributed by atoms with van der Waals surface area (Å²) in [5.74, 6) is 0.946. The number of hydrogen-bond acceptors (Lipinski definition) is 2. The van der Waals surface area contributed by atoms with Gasteiger partial charge in [0.15, 0.2) is 0 Å². The number of rotatable bonds is 2. The lowest BCUT2D eigenvalue weighted by molar-refractivity contribution is 0.0729. The average molecular weight is 260 g/mol. The minimum atomic E-state index is -0.431. The molecule has 0 bridgehead atoms. The van der Waals surface area contributed by atoms with Gasteiger partial charge in [-0.1, -0.05) is 19.9 Å². The average Bonchev–Trinajstić information content (AvgIpc) is 2.37. The van der Waals surface area contributed by atoms with Crippen LogP contribution in [0.5, 0.6) is 0 Å². The lowest BCUT2D eigenvalue weighted by atomic mass is 9.86. The van der Waals surface area contributed by atoms with Crippen LogP contribution in [0.25, 0.3) is 0 Å². The molecular weight excluding hydrogens is 239 g/mol. The highest BCUT2D eigenvalue weighted by molar-refractivity contribution is 5.34. The standard InChI is InChI=1S/C16H21FN2/c1-11-6-12(2)13(3)19(9-11)10-14-4-5-16(17)15(7-14)8-18/h4-5,7,11-13H,6,9-10H2,1-3H3. The van der Waals surface area contributed by atoms with Gasteiger partial charge in [-0.3, -0.25) is 4.90 Å². The Labute approximate surface area is 114 Å². The van der Waals surface area contributed by atoms with Gasteiger partial charge in [0, 0.05) is 19.1 Å². The van der Waals surface area contributed by atoms with Gasteiger partial charge < -0.3 is 0 Å². The molecule has 1 fully saturated rings. The van der Waals surface area contributed by atoms with Crippen LogP contribution >= 0.6 is 0 Å². The van der Waals surface area contributed by atoms with Crippen LogP contribution in [-0.2, 0) is 6.54 Å². The van der Waals surface area contributed by atoms with Crippen molar-refractivity contribution in [3.8, 4) is 6.07 Å². The third-order valence-electron chi connectivity index (χ3n) is 4.26. The summed E-state index contributed by atoms with van der Waals surface area (Å²) in [6.07, 6.45) is 1.27. The molecule has 19 heavy (non-hydrogen) atoms. The highest BCUT2D eigenvalue weighted by Crippen LogP contribution is 2.28. The first-order valence-corrected chi connectivity index (χ1v) is 6.93. The van der Waals surface area contributed by atoms with E-state index in [0.29, 0.717) is 17.9 Å². The summed E-state index contributed by atoms with van der Waals surface area (Å²) in [6, 6.07) is 7.30. The van der Waals surface area contributed by atoms with Gasteiger partial charge in [0.2, 0.25) is 0 Å². The summed E-state index contributed by atoms with van der Waals surface area (Å²) in [6.45, 7) is 8.69. The molecule has 2 nitrogen and oxygen atoms in total. The molecule has 1 heterocycles. The maximum Gasteiger partial charge on any atom is 0.140 e. The van der Waals surface area contributed by atoms with Crippen molar-refractivity contribution >= 4 is 0 Å². The molecule has 1 aromatic rings. The van der Waals surface area contributed by atoms with Crippen molar-refractivity contribution in [3.63, 3.8) is 0 Å². The minimum absolute atomic E-state index is 0.142. The molecule has 0 aromatic heterocycles. The van der Waals surface area contributed by atoms with E-state index in [2.05, 4.69) is 25.7 Å². The Balaban J connectivity index is 2.14. The van der Waals surface area contributed by atoms with E-state index in [4.69, 9.17) is 5.26 Å².